The fraction of sp³-hybridized carbons (Fsp3) is 0.632. The Morgan fingerprint density at radius 3 is 2.56 bits per heavy atom. The Hall–Kier alpha value is -1.16. The van der Waals surface area contributed by atoms with Crippen LogP contribution >= 0.6 is 24.0 Å². The molecule has 1 saturated carbocycles. The van der Waals surface area contributed by atoms with Crippen LogP contribution in [0.4, 0.5) is 8.78 Å². The molecule has 1 aliphatic rings. The Labute approximate surface area is 177 Å². The number of aliphatic imine (C=N–C) groups is 1. The van der Waals surface area contributed by atoms with Gasteiger partial charge in [0.2, 0.25) is 0 Å². The van der Waals surface area contributed by atoms with Gasteiger partial charge in [-0.3, -0.25) is 4.99 Å². The van der Waals surface area contributed by atoms with Gasteiger partial charge in [-0.1, -0.05) is 31.0 Å². The number of guanidine groups is 1. The predicted octanol–water partition coefficient (Wildman–Crippen LogP) is 4.17. The van der Waals surface area contributed by atoms with E-state index in [4.69, 9.17) is 4.74 Å². The molecule has 0 unspecified atom stereocenters. The van der Waals surface area contributed by atoms with Crippen LogP contribution in [0.15, 0.2) is 29.3 Å². The second-order valence-electron chi connectivity index (χ2n) is 6.72. The quantitative estimate of drug-likeness (QED) is 0.306. The van der Waals surface area contributed by atoms with E-state index in [1.807, 2.05) is 0 Å². The highest BCUT2D eigenvalue weighted by Crippen LogP contribution is 2.40. The molecular formula is C19H30F2IN3O2. The number of methoxy groups -OCH3 is 1. The van der Waals surface area contributed by atoms with Gasteiger partial charge in [-0.2, -0.15) is 8.78 Å². The zero-order valence-electron chi connectivity index (χ0n) is 16.0. The maximum atomic E-state index is 12.5. The fourth-order valence-electron chi connectivity index (χ4n) is 3.49. The van der Waals surface area contributed by atoms with Crippen molar-refractivity contribution >= 4 is 29.9 Å². The third-order valence-electron chi connectivity index (χ3n) is 4.99. The van der Waals surface area contributed by atoms with E-state index in [-0.39, 0.29) is 35.1 Å². The molecule has 0 heterocycles. The van der Waals surface area contributed by atoms with Crippen LogP contribution in [0, 0.1) is 5.41 Å². The molecule has 0 bridgehead atoms. The second-order valence-corrected chi connectivity index (χ2v) is 6.72. The molecule has 0 atom stereocenters. The number of para-hydroxylation sites is 1. The Kier molecular flexibility index (Phi) is 10.9. The normalized spacial score (nSPS) is 16.1. The zero-order valence-corrected chi connectivity index (χ0v) is 18.3. The van der Waals surface area contributed by atoms with Crippen LogP contribution < -0.4 is 15.4 Å². The molecule has 1 aromatic carbocycles. The lowest BCUT2D eigenvalue weighted by atomic mass is 9.83. The number of alkyl halides is 2. The van der Waals surface area contributed by atoms with Crippen LogP contribution in [0.2, 0.25) is 0 Å². The van der Waals surface area contributed by atoms with Gasteiger partial charge in [0, 0.05) is 39.4 Å². The van der Waals surface area contributed by atoms with Gasteiger partial charge in [0.05, 0.1) is 0 Å². The summed E-state index contributed by atoms with van der Waals surface area (Å²) in [6.45, 7) is -0.901. The van der Waals surface area contributed by atoms with Crippen molar-refractivity contribution in [3.8, 4) is 5.75 Å². The summed E-state index contributed by atoms with van der Waals surface area (Å²) in [6, 6.07) is 6.77. The van der Waals surface area contributed by atoms with Crippen molar-refractivity contribution in [3.05, 3.63) is 29.8 Å². The minimum absolute atomic E-state index is 0. The molecular weight excluding hydrogens is 467 g/mol. The van der Waals surface area contributed by atoms with Crippen LogP contribution in [-0.2, 0) is 11.3 Å². The lowest BCUT2D eigenvalue weighted by Crippen LogP contribution is -2.43. The molecule has 1 fully saturated rings. The van der Waals surface area contributed by atoms with Gasteiger partial charge in [0.15, 0.2) is 5.96 Å². The number of ether oxygens (including phenoxy) is 2. The van der Waals surface area contributed by atoms with Crippen molar-refractivity contribution in [2.45, 2.75) is 45.3 Å². The molecule has 8 heteroatoms. The molecule has 2 rings (SSSR count). The Morgan fingerprint density at radius 2 is 1.93 bits per heavy atom. The van der Waals surface area contributed by atoms with Crippen molar-refractivity contribution < 1.29 is 18.3 Å². The van der Waals surface area contributed by atoms with Gasteiger partial charge in [0.1, 0.15) is 5.75 Å². The topological polar surface area (TPSA) is 54.9 Å². The number of hydrogen-bond donors (Lipinski definition) is 2. The molecule has 0 spiro atoms. The molecule has 5 nitrogen and oxygen atoms in total. The zero-order chi connectivity index (χ0) is 18.8. The minimum Gasteiger partial charge on any atom is -0.434 e. The SMILES string of the molecule is CN=C(NCc1ccccc1OC(F)F)NCC1(CCOC)CCCC1.I. The van der Waals surface area contributed by atoms with Gasteiger partial charge in [-0.15, -0.1) is 24.0 Å². The summed E-state index contributed by atoms with van der Waals surface area (Å²) in [5.74, 6) is 0.832. The predicted molar refractivity (Wildman–Crippen MR) is 114 cm³/mol. The van der Waals surface area contributed by atoms with E-state index in [2.05, 4.69) is 20.4 Å². The highest BCUT2D eigenvalue weighted by molar-refractivity contribution is 14.0. The molecule has 0 radical (unpaired) electrons. The molecule has 0 saturated heterocycles. The first-order chi connectivity index (χ1) is 12.6. The standard InChI is InChI=1S/C19H29F2N3O2.HI/c1-22-18(24-14-19(11-12-25-2)9-5-6-10-19)23-13-15-7-3-4-8-16(15)26-17(20)21;/h3-4,7-8,17H,5-6,9-14H2,1-2H3,(H2,22,23,24);1H. The Bertz CT molecular complexity index is 582. The van der Waals surface area contributed by atoms with Gasteiger partial charge in [-0.25, -0.2) is 0 Å². The highest BCUT2D eigenvalue weighted by Gasteiger charge is 2.33. The van der Waals surface area contributed by atoms with Crippen molar-refractivity contribution in [1.82, 2.24) is 10.6 Å². The van der Waals surface area contributed by atoms with Crippen LogP contribution in [0.25, 0.3) is 0 Å². The Morgan fingerprint density at radius 1 is 1.22 bits per heavy atom. The fourth-order valence-corrected chi connectivity index (χ4v) is 3.49. The number of rotatable bonds is 9. The first-order valence-corrected chi connectivity index (χ1v) is 9.05. The van der Waals surface area contributed by atoms with E-state index < -0.39 is 6.61 Å². The molecule has 27 heavy (non-hydrogen) atoms. The lowest BCUT2D eigenvalue weighted by molar-refractivity contribution is -0.0504. The maximum absolute atomic E-state index is 12.5. The van der Waals surface area contributed by atoms with E-state index in [0.29, 0.717) is 18.1 Å². The first-order valence-electron chi connectivity index (χ1n) is 9.05. The van der Waals surface area contributed by atoms with Crippen molar-refractivity contribution in [1.29, 1.82) is 0 Å². The number of benzene rings is 1. The molecule has 1 aromatic rings. The molecule has 2 N–H and O–H groups in total. The second kappa shape index (κ2) is 12.3. The smallest absolute Gasteiger partial charge is 0.387 e. The molecule has 154 valence electrons. The number of hydrogen-bond acceptors (Lipinski definition) is 3. The van der Waals surface area contributed by atoms with Crippen molar-refractivity contribution in [2.75, 3.05) is 27.3 Å². The van der Waals surface area contributed by atoms with E-state index in [1.54, 1.807) is 32.4 Å². The molecule has 0 amide bonds. The highest BCUT2D eigenvalue weighted by atomic mass is 127. The summed E-state index contributed by atoms with van der Waals surface area (Å²) in [5, 5.41) is 6.57. The maximum Gasteiger partial charge on any atom is 0.387 e. The third kappa shape index (κ3) is 7.77. The monoisotopic (exact) mass is 497 g/mol. The summed E-state index contributed by atoms with van der Waals surface area (Å²) in [4.78, 5) is 4.24. The van der Waals surface area contributed by atoms with Crippen LogP contribution in [0.1, 0.15) is 37.7 Å². The summed E-state index contributed by atoms with van der Waals surface area (Å²) in [6.07, 6.45) is 5.89. The summed E-state index contributed by atoms with van der Waals surface area (Å²) >= 11 is 0. The van der Waals surface area contributed by atoms with Crippen LogP contribution in [0.5, 0.6) is 5.75 Å². The average molecular weight is 497 g/mol. The number of nitrogens with one attached hydrogen (secondary N) is 2. The van der Waals surface area contributed by atoms with Crippen LogP contribution in [-0.4, -0.2) is 39.9 Å². The summed E-state index contributed by atoms with van der Waals surface area (Å²) < 4.78 is 34.9. The van der Waals surface area contributed by atoms with Crippen molar-refractivity contribution in [2.24, 2.45) is 10.4 Å². The number of nitrogens with zero attached hydrogens (tertiary/aromatic N) is 1. The van der Waals surface area contributed by atoms with Crippen molar-refractivity contribution in [3.63, 3.8) is 0 Å². The lowest BCUT2D eigenvalue weighted by Gasteiger charge is -2.30. The van der Waals surface area contributed by atoms with E-state index in [9.17, 15) is 8.78 Å². The molecule has 1 aliphatic carbocycles. The first kappa shape index (κ1) is 23.9. The third-order valence-corrected chi connectivity index (χ3v) is 4.99. The van der Waals surface area contributed by atoms with E-state index in [0.717, 1.165) is 19.6 Å². The molecule has 0 aromatic heterocycles. The van der Waals surface area contributed by atoms with Gasteiger partial charge in [0.25, 0.3) is 0 Å². The molecule has 0 aliphatic heterocycles. The van der Waals surface area contributed by atoms with E-state index >= 15 is 0 Å². The van der Waals surface area contributed by atoms with Gasteiger partial charge >= 0.3 is 6.61 Å². The van der Waals surface area contributed by atoms with Gasteiger partial charge < -0.3 is 20.1 Å². The van der Waals surface area contributed by atoms with E-state index in [1.165, 1.54) is 31.7 Å². The minimum atomic E-state index is -2.84. The number of halogens is 3. The summed E-state index contributed by atoms with van der Waals surface area (Å²) in [5.41, 5.74) is 0.898. The van der Waals surface area contributed by atoms with Gasteiger partial charge in [-0.05, 0) is 30.7 Å². The Balaban J connectivity index is 0.00000364. The largest absolute Gasteiger partial charge is 0.434 e. The summed E-state index contributed by atoms with van der Waals surface area (Å²) in [7, 11) is 3.43. The van der Waals surface area contributed by atoms with Crippen LogP contribution in [0.3, 0.4) is 0 Å². The average Bonchev–Trinajstić information content (AvgIpc) is 3.10.